The van der Waals surface area contributed by atoms with Crippen LogP contribution in [0.3, 0.4) is 0 Å². The molecular weight excluding hydrogens is 608 g/mol. The molecule has 2 atom stereocenters. The first-order chi connectivity index (χ1) is 22.9. The average molecular weight is 655 g/mol. The van der Waals surface area contributed by atoms with Gasteiger partial charge in [-0.3, -0.25) is 9.59 Å². The highest BCUT2D eigenvalue weighted by Gasteiger charge is 2.24. The van der Waals surface area contributed by atoms with Crippen molar-refractivity contribution in [3.05, 3.63) is 69.3 Å². The molecule has 10 heteroatoms. The highest BCUT2D eigenvalue weighted by atomic mass is 16.5. The van der Waals surface area contributed by atoms with E-state index in [4.69, 9.17) is 28.9 Å². The number of carbonyl (C=O) groups excluding carboxylic acids is 2. The van der Waals surface area contributed by atoms with Gasteiger partial charge < -0.3 is 28.9 Å². The molecule has 0 radical (unpaired) electrons. The lowest BCUT2D eigenvalue weighted by Crippen LogP contribution is -2.01. The van der Waals surface area contributed by atoms with E-state index in [9.17, 15) is 9.59 Å². The Labute approximate surface area is 281 Å². The van der Waals surface area contributed by atoms with Crippen LogP contribution in [-0.2, 0) is 28.5 Å². The van der Waals surface area contributed by atoms with Crippen LogP contribution in [0, 0.1) is 13.8 Å². The third-order valence-corrected chi connectivity index (χ3v) is 9.77. The molecule has 2 N–H and O–H groups in total. The molecule has 48 heavy (non-hydrogen) atoms. The number of H-pyrrole nitrogens is 2. The van der Waals surface area contributed by atoms with Gasteiger partial charge in [-0.2, -0.15) is 0 Å². The van der Waals surface area contributed by atoms with Crippen molar-refractivity contribution in [1.82, 2.24) is 19.9 Å². The first kappa shape index (κ1) is 34.8. The van der Waals surface area contributed by atoms with Crippen molar-refractivity contribution in [2.45, 2.75) is 79.4 Å². The lowest BCUT2D eigenvalue weighted by molar-refractivity contribution is -0.141. The summed E-state index contributed by atoms with van der Waals surface area (Å²) in [4.78, 5) is 42.1. The van der Waals surface area contributed by atoms with Gasteiger partial charge in [-0.25, -0.2) is 9.97 Å². The van der Waals surface area contributed by atoms with Crippen molar-refractivity contribution >= 4 is 56.3 Å². The standard InChI is InChI=1S/C38H46N4O6/c1-19-25(11-13-35(43)47-9)31-18-32-26(12-14-36(44)48-10)20(2)28(40-32)16-33-38(24(6)46-8)22(4)30(42-33)17-34-37(23(5)45-7)21(3)29(41-34)15-27(19)39-31/h15-18,23-24,41-42H,11-14H2,1-10H3. The fourth-order valence-corrected chi connectivity index (χ4v) is 6.72. The van der Waals surface area contributed by atoms with E-state index < -0.39 is 0 Å². The Kier molecular flexibility index (Phi) is 10.4. The summed E-state index contributed by atoms with van der Waals surface area (Å²) in [5.41, 5.74) is 14.8. The second kappa shape index (κ2) is 14.3. The minimum absolute atomic E-state index is 0.165. The van der Waals surface area contributed by atoms with Gasteiger partial charge in [0.2, 0.25) is 0 Å². The third-order valence-electron chi connectivity index (χ3n) is 9.77. The Morgan fingerprint density at radius 2 is 1.00 bits per heavy atom. The number of hydrogen-bond acceptors (Lipinski definition) is 8. The van der Waals surface area contributed by atoms with E-state index in [0.717, 1.165) is 89.4 Å². The zero-order valence-electron chi connectivity index (χ0n) is 29.6. The molecule has 2 unspecified atom stereocenters. The SMILES string of the molecule is COC(=O)CCC1=C(C)c2cc3[nH]c(cc4[nH]c(cc5nc(cc1n2)C(CCC(=O)OC)=C5C)c(C(C)OC)c4C)c(C(C)OC)c3C. The molecule has 0 saturated heterocycles. The van der Waals surface area contributed by atoms with Crippen LogP contribution in [-0.4, -0.2) is 60.3 Å². The molecule has 10 nitrogen and oxygen atoms in total. The van der Waals surface area contributed by atoms with Gasteiger partial charge >= 0.3 is 11.9 Å². The third kappa shape index (κ3) is 6.59. The van der Waals surface area contributed by atoms with Crippen LogP contribution in [0.1, 0.15) is 111 Å². The summed E-state index contributed by atoms with van der Waals surface area (Å²) in [6.45, 7) is 12.3. The molecule has 0 spiro atoms. The smallest absolute Gasteiger partial charge is 0.305 e. The Hall–Kier alpha value is -4.54. The molecular formula is C38H46N4O6. The highest BCUT2D eigenvalue weighted by Crippen LogP contribution is 2.39. The van der Waals surface area contributed by atoms with Gasteiger partial charge in [0.25, 0.3) is 0 Å². The lowest BCUT2D eigenvalue weighted by Gasteiger charge is -2.10. The van der Waals surface area contributed by atoms with Crippen LogP contribution in [0.15, 0.2) is 24.3 Å². The van der Waals surface area contributed by atoms with Gasteiger partial charge in [0.15, 0.2) is 0 Å². The molecule has 2 aliphatic rings. The zero-order valence-corrected chi connectivity index (χ0v) is 29.6. The number of aromatic nitrogens is 4. The number of rotatable bonds is 10. The number of carbonyl (C=O) groups is 2. The minimum atomic E-state index is -0.289. The molecule has 0 amide bonds. The van der Waals surface area contributed by atoms with Crippen molar-refractivity contribution < 1.29 is 28.5 Å². The van der Waals surface area contributed by atoms with E-state index in [1.54, 1.807) is 14.2 Å². The first-order valence-electron chi connectivity index (χ1n) is 16.3. The molecule has 254 valence electrons. The molecule has 3 aromatic rings. The van der Waals surface area contributed by atoms with Crippen molar-refractivity contribution in [1.29, 1.82) is 0 Å². The fourth-order valence-electron chi connectivity index (χ4n) is 6.72. The molecule has 2 aliphatic heterocycles. The van der Waals surface area contributed by atoms with Gasteiger partial charge in [0, 0.05) is 60.3 Å². The number of esters is 2. The molecule has 0 fully saturated rings. The number of nitrogens with zero attached hydrogens (tertiary/aromatic N) is 2. The van der Waals surface area contributed by atoms with E-state index in [1.165, 1.54) is 14.2 Å². The van der Waals surface area contributed by atoms with Gasteiger partial charge in [-0.05, 0) is 112 Å². The Morgan fingerprint density at radius 1 is 0.604 bits per heavy atom. The topological polar surface area (TPSA) is 128 Å². The number of aromatic amines is 2. The number of ether oxygens (including phenoxy) is 4. The quantitative estimate of drug-likeness (QED) is 0.210. The van der Waals surface area contributed by atoms with Gasteiger partial charge in [0.1, 0.15) is 0 Å². The van der Waals surface area contributed by atoms with Crippen molar-refractivity contribution in [2.75, 3.05) is 28.4 Å². The predicted molar refractivity (Wildman–Crippen MR) is 189 cm³/mol. The number of fused-ring (bicyclic) bond motifs is 8. The summed E-state index contributed by atoms with van der Waals surface area (Å²) in [6, 6.07) is 8.22. The summed E-state index contributed by atoms with van der Waals surface area (Å²) in [5, 5.41) is 0. The second-order valence-electron chi connectivity index (χ2n) is 12.4. The van der Waals surface area contributed by atoms with Crippen LogP contribution in [0.4, 0.5) is 0 Å². The van der Waals surface area contributed by atoms with E-state index in [2.05, 4.69) is 42.0 Å². The fraction of sp³-hybridized carbons (Fsp3) is 0.421. The maximum Gasteiger partial charge on any atom is 0.305 e. The maximum absolute atomic E-state index is 12.3. The minimum Gasteiger partial charge on any atom is -0.469 e. The summed E-state index contributed by atoms with van der Waals surface area (Å²) in [5.74, 6) is -0.578. The molecule has 3 aromatic heterocycles. The molecule has 0 aromatic carbocycles. The first-order valence-corrected chi connectivity index (χ1v) is 16.3. The monoisotopic (exact) mass is 654 g/mol. The predicted octanol–water partition coefficient (Wildman–Crippen LogP) is 8.11. The largest absolute Gasteiger partial charge is 0.469 e. The van der Waals surface area contributed by atoms with Gasteiger partial charge in [-0.1, -0.05) is 0 Å². The molecule has 0 aliphatic carbocycles. The Morgan fingerprint density at radius 3 is 1.42 bits per heavy atom. The summed E-state index contributed by atoms with van der Waals surface area (Å²) in [7, 11) is 6.22. The van der Waals surface area contributed by atoms with Crippen molar-refractivity contribution in [3.8, 4) is 0 Å². The van der Waals surface area contributed by atoms with Crippen molar-refractivity contribution in [3.63, 3.8) is 0 Å². The number of allylic oxidation sites excluding steroid dienone is 4. The molecule has 0 saturated carbocycles. The van der Waals surface area contributed by atoms with Crippen LogP contribution < -0.4 is 0 Å². The summed E-state index contributed by atoms with van der Waals surface area (Å²) >= 11 is 0. The van der Waals surface area contributed by atoms with Gasteiger partial charge in [0.05, 0.1) is 49.2 Å². The molecule has 8 bridgehead atoms. The van der Waals surface area contributed by atoms with Crippen LogP contribution in [0.25, 0.3) is 44.4 Å². The summed E-state index contributed by atoms with van der Waals surface area (Å²) in [6.07, 6.45) is 0.996. The van der Waals surface area contributed by atoms with Gasteiger partial charge in [-0.15, -0.1) is 0 Å². The van der Waals surface area contributed by atoms with E-state index in [1.807, 2.05) is 33.8 Å². The van der Waals surface area contributed by atoms with E-state index in [0.29, 0.717) is 12.8 Å². The average Bonchev–Trinajstić information content (AvgIpc) is 3.74. The lowest BCUT2D eigenvalue weighted by atomic mass is 9.98. The number of aryl methyl sites for hydroxylation is 2. The Balaban J connectivity index is 1.93. The number of methoxy groups -OCH3 is 4. The Bertz CT molecular complexity index is 2000. The van der Waals surface area contributed by atoms with Crippen molar-refractivity contribution in [2.24, 2.45) is 0 Å². The van der Waals surface area contributed by atoms with Crippen LogP contribution in [0.5, 0.6) is 0 Å². The normalized spacial score (nSPS) is 14.4. The highest BCUT2D eigenvalue weighted by molar-refractivity contribution is 5.96. The van der Waals surface area contributed by atoms with Crippen LogP contribution >= 0.6 is 0 Å². The van der Waals surface area contributed by atoms with E-state index >= 15 is 0 Å². The number of hydrogen-bond donors (Lipinski definition) is 2. The van der Waals surface area contributed by atoms with E-state index in [-0.39, 0.29) is 37.0 Å². The maximum atomic E-state index is 12.3. The molecule has 5 heterocycles. The second-order valence-corrected chi connectivity index (χ2v) is 12.4. The molecule has 5 rings (SSSR count). The summed E-state index contributed by atoms with van der Waals surface area (Å²) < 4.78 is 21.6. The van der Waals surface area contributed by atoms with Crippen LogP contribution in [0.2, 0.25) is 0 Å². The number of nitrogens with one attached hydrogen (secondary N) is 2. The zero-order chi connectivity index (χ0) is 34.9.